The van der Waals surface area contributed by atoms with Gasteiger partial charge in [0.1, 0.15) is 5.82 Å². The van der Waals surface area contributed by atoms with E-state index in [1.54, 1.807) is 6.20 Å². The van der Waals surface area contributed by atoms with Gasteiger partial charge in [0.05, 0.1) is 6.26 Å². The third kappa shape index (κ3) is 5.51. The zero-order valence-electron chi connectivity index (χ0n) is 14.8. The van der Waals surface area contributed by atoms with Gasteiger partial charge in [-0.1, -0.05) is 25.3 Å². The van der Waals surface area contributed by atoms with Crippen LogP contribution in [-0.2, 0) is 21.2 Å². The standard InChI is InChI=1S/C18H27N3O3S/c1-25(23,24)21-18(10-3-2-4-11-18)12-9-14-5-8-16(19-13-14)20-17(22)15-6-7-15/h5,8,13,15,21H,2-4,6-7,9-12H2,1H3,(H,19,20,22). The van der Waals surface area contributed by atoms with Crippen molar-refractivity contribution in [3.05, 3.63) is 23.9 Å². The molecular formula is C18H27N3O3S. The number of nitrogens with zero attached hydrogens (tertiary/aromatic N) is 1. The van der Waals surface area contributed by atoms with Crippen molar-refractivity contribution in [2.45, 2.75) is 63.3 Å². The van der Waals surface area contributed by atoms with E-state index >= 15 is 0 Å². The fourth-order valence-corrected chi connectivity index (χ4v) is 4.72. The number of carbonyl (C=O) groups excluding carboxylic acids is 1. The van der Waals surface area contributed by atoms with Crippen LogP contribution in [-0.4, -0.2) is 31.1 Å². The number of hydrogen-bond donors (Lipinski definition) is 2. The van der Waals surface area contributed by atoms with Crippen molar-refractivity contribution in [1.29, 1.82) is 0 Å². The summed E-state index contributed by atoms with van der Waals surface area (Å²) in [5.74, 6) is 0.802. The monoisotopic (exact) mass is 365 g/mol. The number of hydrogen-bond acceptors (Lipinski definition) is 4. The number of pyridine rings is 1. The minimum atomic E-state index is -3.22. The highest BCUT2D eigenvalue weighted by Gasteiger charge is 2.34. The van der Waals surface area contributed by atoms with E-state index in [4.69, 9.17) is 0 Å². The molecule has 2 aliphatic carbocycles. The van der Waals surface area contributed by atoms with Crippen molar-refractivity contribution >= 4 is 21.7 Å². The van der Waals surface area contributed by atoms with Gasteiger partial charge in [-0.25, -0.2) is 18.1 Å². The lowest BCUT2D eigenvalue weighted by Crippen LogP contribution is -2.49. The second-order valence-electron chi connectivity index (χ2n) is 7.53. The van der Waals surface area contributed by atoms with E-state index < -0.39 is 10.0 Å². The first-order chi connectivity index (χ1) is 11.9. The third-order valence-corrected chi connectivity index (χ3v) is 5.93. The summed E-state index contributed by atoms with van der Waals surface area (Å²) in [5.41, 5.74) is 0.731. The van der Waals surface area contributed by atoms with Crippen molar-refractivity contribution in [3.63, 3.8) is 0 Å². The molecule has 1 aromatic rings. The smallest absolute Gasteiger partial charge is 0.228 e. The summed E-state index contributed by atoms with van der Waals surface area (Å²) in [6.07, 6.45) is 11.6. The highest BCUT2D eigenvalue weighted by molar-refractivity contribution is 7.88. The van der Waals surface area contributed by atoms with E-state index in [9.17, 15) is 13.2 Å². The molecule has 2 aliphatic rings. The van der Waals surface area contributed by atoms with Crippen LogP contribution in [0.4, 0.5) is 5.82 Å². The van der Waals surface area contributed by atoms with Crippen molar-refractivity contribution in [1.82, 2.24) is 9.71 Å². The van der Waals surface area contributed by atoms with Crippen LogP contribution in [0.1, 0.15) is 56.9 Å². The van der Waals surface area contributed by atoms with E-state index in [1.807, 2.05) is 12.1 Å². The molecule has 0 aliphatic heterocycles. The third-order valence-electron chi connectivity index (χ3n) is 5.13. The Morgan fingerprint density at radius 2 is 1.96 bits per heavy atom. The molecule has 7 heteroatoms. The number of carbonyl (C=O) groups is 1. The van der Waals surface area contributed by atoms with Gasteiger partial charge in [0.2, 0.25) is 15.9 Å². The minimum absolute atomic E-state index is 0.0544. The summed E-state index contributed by atoms with van der Waals surface area (Å²) in [6.45, 7) is 0. The molecule has 138 valence electrons. The summed E-state index contributed by atoms with van der Waals surface area (Å²) in [4.78, 5) is 16.1. The maximum Gasteiger partial charge on any atom is 0.228 e. The van der Waals surface area contributed by atoms with Crippen LogP contribution in [0.2, 0.25) is 0 Å². The second-order valence-corrected chi connectivity index (χ2v) is 9.28. The van der Waals surface area contributed by atoms with Crippen LogP contribution in [0.3, 0.4) is 0 Å². The molecule has 0 spiro atoms. The largest absolute Gasteiger partial charge is 0.310 e. The maximum atomic E-state index is 11.8. The Balaban J connectivity index is 1.59. The van der Waals surface area contributed by atoms with Gasteiger partial charge in [-0.3, -0.25) is 4.79 Å². The minimum Gasteiger partial charge on any atom is -0.310 e. The predicted octanol–water partition coefficient (Wildman–Crippen LogP) is 2.61. The van der Waals surface area contributed by atoms with Crippen LogP contribution in [0.15, 0.2) is 18.3 Å². The van der Waals surface area contributed by atoms with Crippen LogP contribution < -0.4 is 10.0 Å². The zero-order chi connectivity index (χ0) is 17.9. The van der Waals surface area contributed by atoms with Crippen LogP contribution in [0, 0.1) is 5.92 Å². The number of anilines is 1. The van der Waals surface area contributed by atoms with E-state index in [0.29, 0.717) is 5.82 Å². The fourth-order valence-electron chi connectivity index (χ4n) is 3.63. The lowest BCUT2D eigenvalue weighted by atomic mass is 9.79. The van der Waals surface area contributed by atoms with Gasteiger partial charge in [0, 0.05) is 17.7 Å². The molecule has 0 unspecified atom stereocenters. The molecule has 2 fully saturated rings. The zero-order valence-corrected chi connectivity index (χ0v) is 15.6. The molecule has 2 N–H and O–H groups in total. The van der Waals surface area contributed by atoms with Crippen molar-refractivity contribution in [2.75, 3.05) is 11.6 Å². The SMILES string of the molecule is CS(=O)(=O)NC1(CCc2ccc(NC(=O)C3CC3)nc2)CCCCC1. The molecule has 0 aromatic carbocycles. The molecule has 0 bridgehead atoms. The summed E-state index contributed by atoms with van der Waals surface area (Å²) < 4.78 is 26.4. The lowest BCUT2D eigenvalue weighted by Gasteiger charge is -2.37. The molecule has 1 aromatic heterocycles. The van der Waals surface area contributed by atoms with Gasteiger partial charge < -0.3 is 5.32 Å². The Labute approximate surface area is 149 Å². The molecule has 0 radical (unpaired) electrons. The molecule has 6 nitrogen and oxygen atoms in total. The van der Waals surface area contributed by atoms with Gasteiger partial charge in [0.25, 0.3) is 0 Å². The Bertz CT molecular complexity index is 706. The molecule has 0 saturated heterocycles. The van der Waals surface area contributed by atoms with E-state index in [-0.39, 0.29) is 17.4 Å². The Kier molecular flexibility index (Phi) is 5.43. The highest BCUT2D eigenvalue weighted by Crippen LogP contribution is 2.33. The van der Waals surface area contributed by atoms with Crippen molar-refractivity contribution < 1.29 is 13.2 Å². The first kappa shape index (κ1) is 18.3. The number of amides is 1. The van der Waals surface area contributed by atoms with E-state index in [0.717, 1.165) is 56.9 Å². The first-order valence-electron chi connectivity index (χ1n) is 9.10. The van der Waals surface area contributed by atoms with Gasteiger partial charge >= 0.3 is 0 Å². The highest BCUT2D eigenvalue weighted by atomic mass is 32.2. The first-order valence-corrected chi connectivity index (χ1v) is 11.0. The van der Waals surface area contributed by atoms with Crippen molar-refractivity contribution in [3.8, 4) is 0 Å². The molecular weight excluding hydrogens is 338 g/mol. The normalized spacial score (nSPS) is 20.2. The van der Waals surface area contributed by atoms with Gasteiger partial charge in [-0.15, -0.1) is 0 Å². The van der Waals surface area contributed by atoms with Gasteiger partial charge in [-0.05, 0) is 50.2 Å². The molecule has 1 heterocycles. The maximum absolute atomic E-state index is 11.8. The fraction of sp³-hybridized carbons (Fsp3) is 0.667. The number of nitrogens with one attached hydrogen (secondary N) is 2. The topological polar surface area (TPSA) is 88.2 Å². The average Bonchev–Trinajstić information content (AvgIpc) is 3.38. The van der Waals surface area contributed by atoms with Crippen LogP contribution in [0.25, 0.3) is 0 Å². The lowest BCUT2D eigenvalue weighted by molar-refractivity contribution is -0.117. The Hall–Kier alpha value is -1.47. The van der Waals surface area contributed by atoms with Crippen molar-refractivity contribution in [2.24, 2.45) is 5.92 Å². The van der Waals surface area contributed by atoms with Crippen LogP contribution in [0.5, 0.6) is 0 Å². The quantitative estimate of drug-likeness (QED) is 0.777. The summed E-state index contributed by atoms with van der Waals surface area (Å²) in [5, 5.41) is 2.83. The molecule has 1 amide bonds. The predicted molar refractivity (Wildman–Crippen MR) is 97.7 cm³/mol. The Morgan fingerprint density at radius 1 is 1.24 bits per heavy atom. The van der Waals surface area contributed by atoms with Gasteiger partial charge in [0.15, 0.2) is 0 Å². The number of aryl methyl sites for hydroxylation is 1. The molecule has 0 atom stereocenters. The average molecular weight is 365 g/mol. The number of sulfonamides is 1. The summed E-state index contributed by atoms with van der Waals surface area (Å²) in [6, 6.07) is 3.79. The summed E-state index contributed by atoms with van der Waals surface area (Å²) in [7, 11) is -3.22. The molecule has 25 heavy (non-hydrogen) atoms. The number of rotatable bonds is 7. The van der Waals surface area contributed by atoms with E-state index in [2.05, 4.69) is 15.0 Å². The van der Waals surface area contributed by atoms with Gasteiger partial charge in [-0.2, -0.15) is 0 Å². The molecule has 3 rings (SSSR count). The van der Waals surface area contributed by atoms with E-state index in [1.165, 1.54) is 12.7 Å². The number of aromatic nitrogens is 1. The molecule has 2 saturated carbocycles. The summed E-state index contributed by atoms with van der Waals surface area (Å²) >= 11 is 0. The van der Waals surface area contributed by atoms with Crippen LogP contribution >= 0.6 is 0 Å². The second kappa shape index (κ2) is 7.41. The Morgan fingerprint density at radius 3 is 2.52 bits per heavy atom.